The summed E-state index contributed by atoms with van der Waals surface area (Å²) in [6.07, 6.45) is 0. The van der Waals surface area contributed by atoms with Crippen molar-refractivity contribution in [1.29, 1.82) is 0 Å². The van der Waals surface area contributed by atoms with Gasteiger partial charge >= 0.3 is 0 Å². The third kappa shape index (κ3) is 4.06. The molecule has 2 rings (SSSR count). The summed E-state index contributed by atoms with van der Waals surface area (Å²) < 4.78 is 31.8. The zero-order chi connectivity index (χ0) is 18.6. The zero-order valence-electron chi connectivity index (χ0n) is 13.0. The molecule has 2 aromatic carbocycles. The van der Waals surface area contributed by atoms with E-state index in [1.165, 1.54) is 37.4 Å². The number of para-hydroxylation sites is 2. The average Bonchev–Trinajstić information content (AvgIpc) is 2.59. The lowest BCUT2D eigenvalue weighted by Crippen LogP contribution is -2.34. The van der Waals surface area contributed by atoms with Crippen molar-refractivity contribution in [3.63, 3.8) is 0 Å². The number of benzene rings is 2. The molecule has 0 saturated heterocycles. The van der Waals surface area contributed by atoms with Gasteiger partial charge in [-0.1, -0.05) is 18.2 Å². The number of hydrogen-bond acceptors (Lipinski definition) is 6. The molecule has 0 unspecified atom stereocenters. The van der Waals surface area contributed by atoms with Crippen molar-refractivity contribution in [2.24, 2.45) is 0 Å². The number of nitrogens with zero attached hydrogens (tertiary/aromatic N) is 2. The average molecular weight is 385 g/mol. The minimum Gasteiger partial charge on any atom is -0.495 e. The summed E-state index contributed by atoms with van der Waals surface area (Å²) in [6, 6.07) is 10.7. The normalized spacial score (nSPS) is 11.0. The van der Waals surface area contributed by atoms with E-state index >= 15 is 0 Å². The summed E-state index contributed by atoms with van der Waals surface area (Å²) in [4.78, 5) is 21.2. The van der Waals surface area contributed by atoms with Gasteiger partial charge in [0.15, 0.2) is 0 Å². The smallest absolute Gasteiger partial charge is 0.270 e. The number of anilines is 1. The fourth-order valence-corrected chi connectivity index (χ4v) is 3.80. The number of sulfonamides is 1. The Balaban J connectivity index is 2.62. The predicted molar refractivity (Wildman–Crippen MR) is 91.5 cm³/mol. The predicted octanol–water partition coefficient (Wildman–Crippen LogP) is 2.56. The molecule has 25 heavy (non-hydrogen) atoms. The zero-order valence-corrected chi connectivity index (χ0v) is 14.5. The molecule has 0 aromatic heterocycles. The molecular formula is C15H13ClN2O6S. The second-order valence-electron chi connectivity index (χ2n) is 4.79. The lowest BCUT2D eigenvalue weighted by Gasteiger charge is -2.24. The number of nitro benzene ring substituents is 1. The molecule has 0 bridgehead atoms. The van der Waals surface area contributed by atoms with Crippen LogP contribution in [0.1, 0.15) is 0 Å². The van der Waals surface area contributed by atoms with E-state index in [-0.39, 0.29) is 16.3 Å². The van der Waals surface area contributed by atoms with Crippen LogP contribution in [0.15, 0.2) is 53.4 Å². The van der Waals surface area contributed by atoms with Crippen LogP contribution in [0.4, 0.5) is 11.4 Å². The minimum absolute atomic E-state index is 0.0884. The van der Waals surface area contributed by atoms with Crippen molar-refractivity contribution >= 4 is 38.2 Å². The van der Waals surface area contributed by atoms with Crippen LogP contribution < -0.4 is 9.04 Å². The molecule has 0 atom stereocenters. The molecule has 0 fully saturated rings. The summed E-state index contributed by atoms with van der Waals surface area (Å²) in [6.45, 7) is -0.660. The van der Waals surface area contributed by atoms with Crippen LogP contribution >= 0.6 is 11.6 Å². The van der Waals surface area contributed by atoms with Crippen molar-refractivity contribution in [2.45, 2.75) is 4.90 Å². The van der Waals surface area contributed by atoms with Crippen molar-refractivity contribution < 1.29 is 22.9 Å². The highest BCUT2D eigenvalue weighted by Gasteiger charge is 2.29. The quantitative estimate of drug-likeness (QED) is 0.412. The summed E-state index contributed by atoms with van der Waals surface area (Å²) in [5, 5.41) is 9.98. The first-order valence-electron chi connectivity index (χ1n) is 6.86. The highest BCUT2D eigenvalue weighted by molar-refractivity contribution is 7.92. The van der Waals surface area contributed by atoms with Crippen LogP contribution in [-0.2, 0) is 14.8 Å². The van der Waals surface area contributed by atoms with E-state index in [4.69, 9.17) is 16.3 Å². The van der Waals surface area contributed by atoms with Crippen LogP contribution in [0, 0.1) is 10.1 Å². The van der Waals surface area contributed by atoms with Gasteiger partial charge in [0.2, 0.25) is 5.24 Å². The molecule has 8 nitrogen and oxygen atoms in total. The first-order chi connectivity index (χ1) is 11.8. The molecule has 0 amide bonds. The maximum absolute atomic E-state index is 12.9. The number of carbonyl (C=O) groups is 1. The Hall–Kier alpha value is -2.65. The van der Waals surface area contributed by atoms with Crippen LogP contribution in [0.5, 0.6) is 5.75 Å². The maximum Gasteiger partial charge on any atom is 0.270 e. The first-order valence-corrected chi connectivity index (χ1v) is 8.67. The number of halogens is 1. The van der Waals surface area contributed by atoms with Gasteiger partial charge in [-0.3, -0.25) is 19.2 Å². The highest BCUT2D eigenvalue weighted by Crippen LogP contribution is 2.33. The number of hydrogen-bond donors (Lipinski definition) is 0. The van der Waals surface area contributed by atoms with Crippen LogP contribution in [0.25, 0.3) is 0 Å². The number of rotatable bonds is 7. The van der Waals surface area contributed by atoms with E-state index < -0.39 is 32.4 Å². The molecule has 0 N–H and O–H groups in total. The van der Waals surface area contributed by atoms with E-state index in [2.05, 4.69) is 0 Å². The van der Waals surface area contributed by atoms with E-state index in [0.717, 1.165) is 10.4 Å². The van der Waals surface area contributed by atoms with Gasteiger partial charge in [-0.05, 0) is 29.8 Å². The second kappa shape index (κ2) is 7.49. The highest BCUT2D eigenvalue weighted by atomic mass is 35.5. The summed E-state index contributed by atoms with van der Waals surface area (Å²) in [5.41, 5.74) is -0.302. The van der Waals surface area contributed by atoms with Crippen LogP contribution in [-0.4, -0.2) is 32.2 Å². The Morgan fingerprint density at radius 1 is 1.24 bits per heavy atom. The first kappa shape index (κ1) is 18.7. The standard InChI is InChI=1S/C15H13ClN2O6S/c1-24-14-8-3-2-7-13(14)17(10-15(16)19)25(22,23)12-6-4-5-11(9-12)18(20)21/h2-9H,10H2,1H3. The van der Waals surface area contributed by atoms with Crippen LogP contribution in [0.3, 0.4) is 0 Å². The Morgan fingerprint density at radius 3 is 2.52 bits per heavy atom. The minimum atomic E-state index is -4.29. The van der Waals surface area contributed by atoms with Crippen molar-refractivity contribution in [1.82, 2.24) is 0 Å². The van der Waals surface area contributed by atoms with Gasteiger partial charge in [0, 0.05) is 12.1 Å². The largest absolute Gasteiger partial charge is 0.495 e. The molecule has 0 aliphatic carbocycles. The second-order valence-corrected chi connectivity index (χ2v) is 7.08. The lowest BCUT2D eigenvalue weighted by atomic mass is 10.3. The molecule has 0 radical (unpaired) electrons. The van der Waals surface area contributed by atoms with Gasteiger partial charge in [0.1, 0.15) is 12.3 Å². The molecule has 0 heterocycles. The molecule has 0 aliphatic rings. The van der Waals surface area contributed by atoms with Gasteiger partial charge in [-0.2, -0.15) is 0 Å². The number of non-ortho nitro benzene ring substituents is 1. The van der Waals surface area contributed by atoms with E-state index in [9.17, 15) is 23.3 Å². The Bertz CT molecular complexity index is 916. The van der Waals surface area contributed by atoms with Gasteiger partial charge < -0.3 is 4.74 Å². The fourth-order valence-electron chi connectivity index (χ4n) is 2.13. The van der Waals surface area contributed by atoms with Crippen molar-refractivity contribution in [3.8, 4) is 5.75 Å². The van der Waals surface area contributed by atoms with Crippen LogP contribution in [0.2, 0.25) is 0 Å². The van der Waals surface area contributed by atoms with E-state index in [1.54, 1.807) is 12.1 Å². The number of carbonyl (C=O) groups excluding carboxylic acids is 1. The Labute approximate surface area is 148 Å². The molecule has 0 spiro atoms. The van der Waals surface area contributed by atoms with Crippen molar-refractivity contribution in [3.05, 3.63) is 58.6 Å². The number of methoxy groups -OCH3 is 1. The summed E-state index contributed by atoms with van der Waals surface area (Å²) in [7, 11) is -2.95. The Kier molecular flexibility index (Phi) is 5.60. The maximum atomic E-state index is 12.9. The topological polar surface area (TPSA) is 107 Å². The van der Waals surface area contributed by atoms with Gasteiger partial charge in [0.05, 0.1) is 22.6 Å². The lowest BCUT2D eigenvalue weighted by molar-refractivity contribution is -0.385. The van der Waals surface area contributed by atoms with Crippen molar-refractivity contribution in [2.75, 3.05) is 18.0 Å². The summed E-state index contributed by atoms with van der Waals surface area (Å²) >= 11 is 5.40. The third-order valence-electron chi connectivity index (χ3n) is 3.24. The molecule has 0 aliphatic heterocycles. The van der Waals surface area contributed by atoms with Gasteiger partial charge in [-0.25, -0.2) is 8.42 Å². The molecule has 132 valence electrons. The van der Waals surface area contributed by atoms with E-state index in [1.807, 2.05) is 0 Å². The Morgan fingerprint density at radius 2 is 1.92 bits per heavy atom. The van der Waals surface area contributed by atoms with Gasteiger partial charge in [0.25, 0.3) is 15.7 Å². The third-order valence-corrected chi connectivity index (χ3v) is 5.11. The van der Waals surface area contributed by atoms with Gasteiger partial charge in [-0.15, -0.1) is 0 Å². The molecular weight excluding hydrogens is 372 g/mol. The molecule has 10 heteroatoms. The summed E-state index contributed by atoms with van der Waals surface area (Å²) in [5.74, 6) is 0.203. The fraction of sp³-hybridized carbons (Fsp3) is 0.133. The SMILES string of the molecule is COc1ccccc1N(CC(=O)Cl)S(=O)(=O)c1cccc([N+](=O)[O-])c1. The molecule has 2 aromatic rings. The number of ether oxygens (including phenoxy) is 1. The monoisotopic (exact) mass is 384 g/mol. The number of nitro groups is 1. The van der Waals surface area contributed by atoms with E-state index in [0.29, 0.717) is 0 Å². The molecule has 0 saturated carbocycles.